The van der Waals surface area contributed by atoms with Crippen LogP contribution in [0.3, 0.4) is 0 Å². The minimum atomic E-state index is -0.513. The molecule has 1 aliphatic heterocycles. The highest BCUT2D eigenvalue weighted by molar-refractivity contribution is 5.91. The van der Waals surface area contributed by atoms with E-state index in [1.54, 1.807) is 6.07 Å². The Labute approximate surface area is 156 Å². The molecule has 1 amide bonds. The second-order valence-electron chi connectivity index (χ2n) is 6.89. The molecule has 2 N–H and O–H groups in total. The lowest BCUT2D eigenvalue weighted by molar-refractivity contribution is 0.0943. The molecular weight excluding hydrogens is 348 g/mol. The molecule has 3 heterocycles. The Morgan fingerprint density at radius 2 is 2.15 bits per heavy atom. The van der Waals surface area contributed by atoms with Gasteiger partial charge in [-0.15, -0.1) is 0 Å². The van der Waals surface area contributed by atoms with E-state index in [4.69, 9.17) is 0 Å². The van der Waals surface area contributed by atoms with E-state index in [9.17, 15) is 14.4 Å². The molecule has 27 heavy (non-hydrogen) atoms. The number of nitrogens with zero attached hydrogens (tertiary/aromatic N) is 4. The van der Waals surface area contributed by atoms with Crippen molar-refractivity contribution in [3.63, 3.8) is 0 Å². The summed E-state index contributed by atoms with van der Waals surface area (Å²) in [5.74, 6) is 0.223. The Kier molecular flexibility index (Phi) is 5.68. The molecule has 0 saturated carbocycles. The number of hydrogen-bond donors (Lipinski definition) is 2. The van der Waals surface area contributed by atoms with Crippen LogP contribution in [0, 0.1) is 0 Å². The van der Waals surface area contributed by atoms with Crippen LogP contribution in [-0.4, -0.2) is 44.8 Å². The number of hydrogen-bond acceptors (Lipinski definition) is 6. The van der Waals surface area contributed by atoms with Crippen molar-refractivity contribution in [1.82, 2.24) is 25.1 Å². The Balaban J connectivity index is 1.75. The molecule has 2 aromatic heterocycles. The van der Waals surface area contributed by atoms with Crippen molar-refractivity contribution in [1.29, 1.82) is 0 Å². The van der Waals surface area contributed by atoms with Crippen LogP contribution >= 0.6 is 0 Å². The van der Waals surface area contributed by atoms with Gasteiger partial charge in [-0.3, -0.25) is 14.4 Å². The predicted octanol–water partition coefficient (Wildman–Crippen LogP) is 0.696. The number of aromatic nitrogens is 4. The Bertz CT molecular complexity index is 920. The van der Waals surface area contributed by atoms with Gasteiger partial charge in [-0.2, -0.15) is 5.10 Å². The molecule has 2 aromatic rings. The molecule has 9 nitrogen and oxygen atoms in total. The fourth-order valence-corrected chi connectivity index (χ4v) is 3.26. The van der Waals surface area contributed by atoms with E-state index in [2.05, 4.69) is 25.3 Å². The highest BCUT2D eigenvalue weighted by Crippen LogP contribution is 2.22. The predicted molar refractivity (Wildman–Crippen MR) is 101 cm³/mol. The molecule has 3 rings (SSSR count). The molecule has 1 saturated heterocycles. The van der Waals surface area contributed by atoms with E-state index >= 15 is 0 Å². The SMILES string of the molecule is CC(C)n1nc(N2CCCCC2CNC(=O)c2ncc[nH]c2=O)ccc1=O. The maximum Gasteiger partial charge on any atom is 0.279 e. The lowest BCUT2D eigenvalue weighted by atomic mass is 10.0. The highest BCUT2D eigenvalue weighted by atomic mass is 16.2. The molecule has 144 valence electrons. The van der Waals surface area contributed by atoms with Gasteiger partial charge >= 0.3 is 0 Å². The van der Waals surface area contributed by atoms with E-state index in [1.165, 1.54) is 23.1 Å². The van der Waals surface area contributed by atoms with Gasteiger partial charge in [-0.05, 0) is 39.2 Å². The van der Waals surface area contributed by atoms with Gasteiger partial charge in [-0.25, -0.2) is 9.67 Å². The lowest BCUT2D eigenvalue weighted by Gasteiger charge is -2.36. The normalized spacial score (nSPS) is 17.1. The Hall–Kier alpha value is -2.97. The lowest BCUT2D eigenvalue weighted by Crippen LogP contribution is -2.48. The van der Waals surface area contributed by atoms with Crippen LogP contribution in [0.4, 0.5) is 5.82 Å². The number of piperidine rings is 1. The number of nitrogens with one attached hydrogen (secondary N) is 2. The van der Waals surface area contributed by atoms with E-state index in [-0.39, 0.29) is 23.3 Å². The molecule has 9 heteroatoms. The first kappa shape index (κ1) is 18.8. The summed E-state index contributed by atoms with van der Waals surface area (Å²) in [4.78, 5) is 44.3. The smallest absolute Gasteiger partial charge is 0.279 e. The summed E-state index contributed by atoms with van der Waals surface area (Å²) in [5.41, 5.74) is -0.794. The van der Waals surface area contributed by atoms with Gasteiger partial charge < -0.3 is 15.2 Å². The van der Waals surface area contributed by atoms with Gasteiger partial charge in [0.2, 0.25) is 0 Å². The number of carbonyl (C=O) groups is 1. The number of anilines is 1. The van der Waals surface area contributed by atoms with Crippen LogP contribution in [0.25, 0.3) is 0 Å². The monoisotopic (exact) mass is 372 g/mol. The summed E-state index contributed by atoms with van der Waals surface area (Å²) in [6.45, 7) is 5.00. The number of H-pyrrole nitrogens is 1. The van der Waals surface area contributed by atoms with Crippen molar-refractivity contribution in [3.8, 4) is 0 Å². The summed E-state index contributed by atoms with van der Waals surface area (Å²) in [6, 6.07) is 3.26. The molecule has 0 aliphatic carbocycles. The van der Waals surface area contributed by atoms with E-state index in [0.717, 1.165) is 31.6 Å². The van der Waals surface area contributed by atoms with Gasteiger partial charge in [-0.1, -0.05) is 0 Å². The van der Waals surface area contributed by atoms with Crippen molar-refractivity contribution >= 4 is 11.7 Å². The first-order valence-electron chi connectivity index (χ1n) is 9.16. The molecule has 1 unspecified atom stereocenters. The van der Waals surface area contributed by atoms with Gasteiger partial charge in [0, 0.05) is 37.6 Å². The van der Waals surface area contributed by atoms with Crippen molar-refractivity contribution in [2.45, 2.75) is 45.2 Å². The molecule has 0 spiro atoms. The summed E-state index contributed by atoms with van der Waals surface area (Å²) in [5, 5.41) is 7.29. The number of carbonyl (C=O) groups excluding carboxylic acids is 1. The quantitative estimate of drug-likeness (QED) is 0.799. The van der Waals surface area contributed by atoms with Crippen molar-refractivity contribution in [3.05, 3.63) is 50.9 Å². The minimum absolute atomic E-state index is 0.0312. The van der Waals surface area contributed by atoms with Crippen LogP contribution in [0.2, 0.25) is 0 Å². The van der Waals surface area contributed by atoms with Crippen molar-refractivity contribution in [2.75, 3.05) is 18.0 Å². The van der Waals surface area contributed by atoms with E-state index < -0.39 is 11.5 Å². The fraction of sp³-hybridized carbons (Fsp3) is 0.500. The summed E-state index contributed by atoms with van der Waals surface area (Å²) in [7, 11) is 0. The molecular formula is C18H24N6O3. The second kappa shape index (κ2) is 8.15. The zero-order valence-corrected chi connectivity index (χ0v) is 15.5. The number of rotatable bonds is 5. The average Bonchev–Trinajstić information content (AvgIpc) is 2.67. The molecule has 1 atom stereocenters. The van der Waals surface area contributed by atoms with Crippen LogP contribution < -0.4 is 21.3 Å². The van der Waals surface area contributed by atoms with Gasteiger partial charge in [0.15, 0.2) is 5.69 Å². The van der Waals surface area contributed by atoms with E-state index in [0.29, 0.717) is 6.54 Å². The maximum atomic E-state index is 12.3. The third kappa shape index (κ3) is 4.24. The summed E-state index contributed by atoms with van der Waals surface area (Å²) < 4.78 is 1.47. The van der Waals surface area contributed by atoms with Gasteiger partial charge in [0.05, 0.1) is 6.04 Å². The Morgan fingerprint density at radius 3 is 2.89 bits per heavy atom. The van der Waals surface area contributed by atoms with Crippen LogP contribution in [0.5, 0.6) is 0 Å². The number of aromatic amines is 1. The Morgan fingerprint density at radius 1 is 1.33 bits per heavy atom. The molecule has 0 radical (unpaired) electrons. The highest BCUT2D eigenvalue weighted by Gasteiger charge is 2.25. The molecule has 0 bridgehead atoms. The zero-order valence-electron chi connectivity index (χ0n) is 15.5. The molecule has 1 fully saturated rings. The third-order valence-corrected chi connectivity index (χ3v) is 4.64. The first-order valence-corrected chi connectivity index (χ1v) is 9.16. The fourth-order valence-electron chi connectivity index (χ4n) is 3.26. The summed E-state index contributed by atoms with van der Waals surface area (Å²) >= 11 is 0. The van der Waals surface area contributed by atoms with Gasteiger partial charge in [0.25, 0.3) is 17.0 Å². The largest absolute Gasteiger partial charge is 0.350 e. The zero-order chi connectivity index (χ0) is 19.4. The van der Waals surface area contributed by atoms with Crippen LogP contribution in [-0.2, 0) is 0 Å². The standard InChI is InChI=1S/C18H24N6O3/c1-12(2)24-15(25)7-6-14(22-24)23-10-4-3-5-13(23)11-21-18(27)16-17(26)20-9-8-19-16/h6-9,12-13H,3-5,10-11H2,1-2H3,(H,20,26)(H,21,27). The van der Waals surface area contributed by atoms with Crippen LogP contribution in [0.1, 0.15) is 49.6 Å². The maximum absolute atomic E-state index is 12.3. The van der Waals surface area contributed by atoms with E-state index in [1.807, 2.05) is 13.8 Å². The average molecular weight is 372 g/mol. The molecule has 0 aromatic carbocycles. The summed E-state index contributed by atoms with van der Waals surface area (Å²) in [6.07, 6.45) is 5.72. The minimum Gasteiger partial charge on any atom is -0.350 e. The van der Waals surface area contributed by atoms with Crippen molar-refractivity contribution < 1.29 is 4.79 Å². The number of amides is 1. The molecule has 1 aliphatic rings. The van der Waals surface area contributed by atoms with Gasteiger partial charge in [0.1, 0.15) is 5.82 Å². The van der Waals surface area contributed by atoms with Crippen LogP contribution in [0.15, 0.2) is 34.1 Å². The second-order valence-corrected chi connectivity index (χ2v) is 6.89. The topological polar surface area (TPSA) is 113 Å². The van der Waals surface area contributed by atoms with Crippen molar-refractivity contribution in [2.24, 2.45) is 0 Å². The first-order chi connectivity index (χ1) is 13.0. The third-order valence-electron chi connectivity index (χ3n) is 4.64.